The quantitative estimate of drug-likeness (QED) is 0.779. The second-order valence-electron chi connectivity index (χ2n) is 6.96. The Morgan fingerprint density at radius 2 is 1.96 bits per heavy atom. The normalized spacial score (nSPS) is 21.8. The molecule has 2 N–H and O–H groups in total. The van der Waals surface area contributed by atoms with Crippen LogP contribution in [0.15, 0.2) is 36.4 Å². The van der Waals surface area contributed by atoms with Crippen LogP contribution in [0.3, 0.4) is 0 Å². The molecule has 1 saturated heterocycles. The Morgan fingerprint density at radius 3 is 2.67 bits per heavy atom. The molecule has 1 amide bonds. The molecule has 0 saturated carbocycles. The number of rotatable bonds is 2. The van der Waals surface area contributed by atoms with Gasteiger partial charge < -0.3 is 15.5 Å². The van der Waals surface area contributed by atoms with E-state index < -0.39 is 29.0 Å². The maximum absolute atomic E-state index is 13.9. The number of piperazine rings is 1. The monoisotopic (exact) mass is 379 g/mol. The average Bonchev–Trinajstić information content (AvgIpc) is 2.84. The predicted molar refractivity (Wildman–Crippen MR) is 92.4 cm³/mol. The van der Waals surface area contributed by atoms with Gasteiger partial charge in [-0.05, 0) is 36.8 Å². The third-order valence-corrected chi connectivity index (χ3v) is 5.21. The van der Waals surface area contributed by atoms with Gasteiger partial charge in [-0.2, -0.15) is 13.2 Å². The van der Waals surface area contributed by atoms with E-state index in [2.05, 4.69) is 10.6 Å². The number of amides is 1. The highest BCUT2D eigenvalue weighted by Gasteiger charge is 2.51. The molecule has 0 bridgehead atoms. The number of benzene rings is 2. The lowest BCUT2D eigenvalue weighted by molar-refractivity contribution is -0.137. The number of nitrogens with zero attached hydrogens (tertiary/aromatic N) is 1. The Hall–Kier alpha value is -2.61. The van der Waals surface area contributed by atoms with E-state index >= 15 is 0 Å². The Kier molecular flexibility index (Phi) is 3.92. The fraction of sp³-hybridized carbons (Fsp3) is 0.316. The number of hydrogen-bond donors (Lipinski definition) is 2. The molecule has 4 nitrogen and oxygen atoms in total. The van der Waals surface area contributed by atoms with Crippen LogP contribution in [0.4, 0.5) is 28.9 Å². The zero-order valence-corrected chi connectivity index (χ0v) is 14.5. The number of carbonyl (C=O) groups excluding carboxylic acids is 1. The zero-order valence-electron chi connectivity index (χ0n) is 14.5. The Morgan fingerprint density at radius 1 is 1.22 bits per heavy atom. The number of anilines is 2. The minimum Gasteiger partial charge on any atom is -0.353 e. The molecular formula is C19H17F4N3O. The van der Waals surface area contributed by atoms with Gasteiger partial charge >= 0.3 is 6.18 Å². The molecule has 2 aliphatic heterocycles. The molecule has 1 atom stereocenters. The van der Waals surface area contributed by atoms with Crippen LogP contribution in [0.25, 0.3) is 0 Å². The molecule has 4 rings (SSSR count). The van der Waals surface area contributed by atoms with Gasteiger partial charge in [0.25, 0.3) is 5.91 Å². The first-order valence-corrected chi connectivity index (χ1v) is 8.52. The first-order valence-electron chi connectivity index (χ1n) is 8.52. The van der Waals surface area contributed by atoms with Crippen LogP contribution < -0.4 is 10.6 Å². The van der Waals surface area contributed by atoms with Crippen LogP contribution in [0.1, 0.15) is 28.4 Å². The molecule has 0 spiro atoms. The first kappa shape index (κ1) is 17.8. The summed E-state index contributed by atoms with van der Waals surface area (Å²) >= 11 is 0. The largest absolute Gasteiger partial charge is 0.417 e. The number of fused-ring (bicyclic) bond motifs is 3. The molecule has 2 heterocycles. The number of alkyl halides is 3. The van der Waals surface area contributed by atoms with Crippen molar-refractivity contribution in [1.29, 1.82) is 0 Å². The molecule has 27 heavy (non-hydrogen) atoms. The highest BCUT2D eigenvalue weighted by Crippen LogP contribution is 2.46. The predicted octanol–water partition coefficient (Wildman–Crippen LogP) is 3.86. The van der Waals surface area contributed by atoms with Gasteiger partial charge in [0, 0.05) is 25.3 Å². The third-order valence-electron chi connectivity index (χ3n) is 5.21. The molecule has 2 aromatic carbocycles. The van der Waals surface area contributed by atoms with Crippen molar-refractivity contribution >= 4 is 17.3 Å². The van der Waals surface area contributed by atoms with E-state index in [1.54, 1.807) is 13.0 Å². The van der Waals surface area contributed by atoms with Crippen LogP contribution in [-0.4, -0.2) is 30.4 Å². The fourth-order valence-electron chi connectivity index (χ4n) is 3.88. The molecule has 1 fully saturated rings. The summed E-state index contributed by atoms with van der Waals surface area (Å²) in [5.41, 5.74) is -1.73. The van der Waals surface area contributed by atoms with E-state index in [0.717, 1.165) is 6.07 Å². The van der Waals surface area contributed by atoms with Gasteiger partial charge in [-0.15, -0.1) is 0 Å². The van der Waals surface area contributed by atoms with Crippen LogP contribution in [0.2, 0.25) is 0 Å². The van der Waals surface area contributed by atoms with Crippen LogP contribution in [0.5, 0.6) is 0 Å². The maximum Gasteiger partial charge on any atom is 0.417 e. The van der Waals surface area contributed by atoms with Crippen molar-refractivity contribution in [2.24, 2.45) is 0 Å². The first-order chi connectivity index (χ1) is 12.7. The van der Waals surface area contributed by atoms with Gasteiger partial charge in [0.2, 0.25) is 0 Å². The highest BCUT2D eigenvalue weighted by molar-refractivity contribution is 6.02. The summed E-state index contributed by atoms with van der Waals surface area (Å²) in [4.78, 5) is 14.2. The number of carbonyl (C=O) groups is 1. The lowest BCUT2D eigenvalue weighted by Crippen LogP contribution is -2.55. The van der Waals surface area contributed by atoms with E-state index in [4.69, 9.17) is 0 Å². The topological polar surface area (TPSA) is 44.4 Å². The van der Waals surface area contributed by atoms with Gasteiger partial charge in [-0.1, -0.05) is 12.1 Å². The van der Waals surface area contributed by atoms with Crippen molar-refractivity contribution in [3.05, 3.63) is 58.9 Å². The number of halogens is 4. The molecule has 0 aromatic heterocycles. The van der Waals surface area contributed by atoms with Gasteiger partial charge in [0.1, 0.15) is 5.82 Å². The smallest absolute Gasteiger partial charge is 0.353 e. The molecule has 142 valence electrons. The SMILES string of the molecule is C[C@@]12CNCCN1C(=O)c1c(C(F)(F)F)cc(Nc3ccccc3F)cc12. The van der Waals surface area contributed by atoms with E-state index in [1.165, 1.54) is 29.2 Å². The lowest BCUT2D eigenvalue weighted by Gasteiger charge is -2.40. The van der Waals surface area contributed by atoms with Crippen LogP contribution in [0, 0.1) is 5.82 Å². The Bertz CT molecular complexity index is 928. The summed E-state index contributed by atoms with van der Waals surface area (Å²) in [7, 11) is 0. The standard InChI is InChI=1S/C19H17F4N3O/c1-18-10-24-6-7-26(18)17(27)16-12(18)8-11(9-13(16)19(21,22)23)25-15-5-3-2-4-14(15)20/h2-5,8-9,24-25H,6-7,10H2,1H3/t18-/m0/s1. The van der Waals surface area contributed by atoms with Crippen LogP contribution in [-0.2, 0) is 11.7 Å². The fourth-order valence-corrected chi connectivity index (χ4v) is 3.88. The summed E-state index contributed by atoms with van der Waals surface area (Å²) in [6, 6.07) is 8.13. The van der Waals surface area contributed by atoms with Gasteiger partial charge in [-0.3, -0.25) is 4.79 Å². The van der Waals surface area contributed by atoms with Crippen molar-refractivity contribution in [1.82, 2.24) is 10.2 Å². The number of nitrogens with one attached hydrogen (secondary N) is 2. The Labute approximate surface area is 153 Å². The maximum atomic E-state index is 13.9. The second-order valence-corrected chi connectivity index (χ2v) is 6.96. The van der Waals surface area contributed by atoms with Crippen molar-refractivity contribution in [2.75, 3.05) is 25.0 Å². The second kappa shape index (κ2) is 5.95. The molecule has 0 aliphatic carbocycles. The molecular weight excluding hydrogens is 362 g/mol. The van der Waals surface area contributed by atoms with E-state index in [-0.39, 0.29) is 16.9 Å². The van der Waals surface area contributed by atoms with Crippen molar-refractivity contribution in [3.63, 3.8) is 0 Å². The summed E-state index contributed by atoms with van der Waals surface area (Å²) < 4.78 is 55.1. The van der Waals surface area contributed by atoms with E-state index in [9.17, 15) is 22.4 Å². The molecule has 8 heteroatoms. The minimum atomic E-state index is -4.70. The molecule has 0 radical (unpaired) electrons. The lowest BCUT2D eigenvalue weighted by atomic mass is 9.88. The zero-order chi connectivity index (χ0) is 19.4. The summed E-state index contributed by atoms with van der Waals surface area (Å²) in [6.45, 7) is 2.95. The number of para-hydroxylation sites is 1. The van der Waals surface area contributed by atoms with Crippen molar-refractivity contribution in [2.45, 2.75) is 18.6 Å². The average molecular weight is 379 g/mol. The van der Waals surface area contributed by atoms with Crippen molar-refractivity contribution < 1.29 is 22.4 Å². The molecule has 0 unspecified atom stereocenters. The minimum absolute atomic E-state index is 0.0682. The van der Waals surface area contributed by atoms with E-state index in [0.29, 0.717) is 25.2 Å². The third kappa shape index (κ3) is 2.75. The molecule has 2 aliphatic rings. The van der Waals surface area contributed by atoms with Gasteiger partial charge in [0.05, 0.1) is 22.4 Å². The summed E-state index contributed by atoms with van der Waals surface area (Å²) in [5, 5.41) is 5.86. The van der Waals surface area contributed by atoms with Gasteiger partial charge in [0.15, 0.2) is 0 Å². The molecule has 2 aromatic rings. The highest BCUT2D eigenvalue weighted by atomic mass is 19.4. The summed E-state index contributed by atoms with van der Waals surface area (Å²) in [5.74, 6) is -1.19. The van der Waals surface area contributed by atoms with Crippen molar-refractivity contribution in [3.8, 4) is 0 Å². The van der Waals surface area contributed by atoms with Crippen LogP contribution >= 0.6 is 0 Å². The van der Waals surface area contributed by atoms with Gasteiger partial charge in [-0.25, -0.2) is 4.39 Å². The Balaban J connectivity index is 1.89. The van der Waals surface area contributed by atoms with E-state index in [1.807, 2.05) is 0 Å². The number of hydrogen-bond acceptors (Lipinski definition) is 3. The summed E-state index contributed by atoms with van der Waals surface area (Å²) in [6.07, 6.45) is -4.70.